The lowest BCUT2D eigenvalue weighted by atomic mass is 10.1. The molecule has 0 unspecified atom stereocenters. The molecule has 18 heavy (non-hydrogen) atoms. The molecule has 96 valence electrons. The molecule has 5 heteroatoms. The van der Waals surface area contributed by atoms with E-state index in [1.54, 1.807) is 0 Å². The Morgan fingerprint density at radius 2 is 2.17 bits per heavy atom. The van der Waals surface area contributed by atoms with E-state index in [0.717, 1.165) is 5.75 Å². The van der Waals surface area contributed by atoms with Gasteiger partial charge in [-0.3, -0.25) is 4.79 Å². The molecule has 1 aromatic rings. The number of hydrogen-bond donors (Lipinski definition) is 1. The van der Waals surface area contributed by atoms with Gasteiger partial charge in [0, 0.05) is 0 Å². The molecule has 1 aromatic carbocycles. The van der Waals surface area contributed by atoms with Crippen molar-refractivity contribution in [1.82, 2.24) is 5.01 Å². The monoisotopic (exact) mass is 247 g/mol. The Labute approximate surface area is 106 Å². The Balaban J connectivity index is 1.85. The molecular formula is C13H17N3O2. The van der Waals surface area contributed by atoms with Gasteiger partial charge in [0.05, 0.1) is 13.0 Å². The van der Waals surface area contributed by atoms with Crippen LogP contribution in [-0.4, -0.2) is 29.9 Å². The fraction of sp³-hybridized carbons (Fsp3) is 0.385. The SMILES string of the molecule is Cc1ccc(OCCN2N=C(N)CC2=O)cc1C. The van der Waals surface area contributed by atoms with Gasteiger partial charge in [0.15, 0.2) is 0 Å². The summed E-state index contributed by atoms with van der Waals surface area (Å²) in [6.07, 6.45) is 0.212. The van der Waals surface area contributed by atoms with Crippen LogP contribution in [0.25, 0.3) is 0 Å². The summed E-state index contributed by atoms with van der Waals surface area (Å²) >= 11 is 0. The summed E-state index contributed by atoms with van der Waals surface area (Å²) in [6, 6.07) is 5.92. The van der Waals surface area contributed by atoms with Crippen molar-refractivity contribution in [2.45, 2.75) is 20.3 Å². The average Bonchev–Trinajstić information content (AvgIpc) is 2.63. The second-order valence-corrected chi connectivity index (χ2v) is 4.38. The standard InChI is InChI=1S/C13H17N3O2/c1-9-3-4-11(7-10(9)2)18-6-5-16-13(17)8-12(14)15-16/h3-4,7H,5-6,8H2,1-2H3,(H2,14,15). The van der Waals surface area contributed by atoms with Gasteiger partial charge in [0.25, 0.3) is 0 Å². The van der Waals surface area contributed by atoms with Gasteiger partial charge in [0.1, 0.15) is 18.2 Å². The van der Waals surface area contributed by atoms with Crippen molar-refractivity contribution in [3.63, 3.8) is 0 Å². The molecule has 0 saturated carbocycles. The predicted molar refractivity (Wildman–Crippen MR) is 69.4 cm³/mol. The second kappa shape index (κ2) is 5.08. The molecular weight excluding hydrogens is 230 g/mol. The van der Waals surface area contributed by atoms with E-state index in [9.17, 15) is 4.79 Å². The van der Waals surface area contributed by atoms with E-state index in [2.05, 4.69) is 12.0 Å². The number of hydrazone groups is 1. The first-order valence-electron chi connectivity index (χ1n) is 5.89. The molecule has 0 atom stereocenters. The molecule has 0 spiro atoms. The van der Waals surface area contributed by atoms with Gasteiger partial charge in [0.2, 0.25) is 5.91 Å². The normalized spacial score (nSPS) is 14.9. The van der Waals surface area contributed by atoms with Gasteiger partial charge in [-0.05, 0) is 37.1 Å². The fourth-order valence-corrected chi connectivity index (χ4v) is 1.72. The Hall–Kier alpha value is -2.04. The smallest absolute Gasteiger partial charge is 0.250 e. The molecule has 2 N–H and O–H groups in total. The zero-order chi connectivity index (χ0) is 13.1. The number of carbonyl (C=O) groups excluding carboxylic acids is 1. The highest BCUT2D eigenvalue weighted by Gasteiger charge is 2.21. The number of amidine groups is 1. The zero-order valence-electron chi connectivity index (χ0n) is 10.6. The lowest BCUT2D eigenvalue weighted by Crippen LogP contribution is -2.26. The molecule has 0 bridgehead atoms. The molecule has 1 aliphatic rings. The van der Waals surface area contributed by atoms with Gasteiger partial charge in [-0.2, -0.15) is 5.10 Å². The second-order valence-electron chi connectivity index (χ2n) is 4.38. The van der Waals surface area contributed by atoms with E-state index < -0.39 is 0 Å². The molecule has 2 rings (SSSR count). The lowest BCUT2D eigenvalue weighted by Gasteiger charge is -2.13. The number of benzene rings is 1. The summed E-state index contributed by atoms with van der Waals surface area (Å²) in [7, 11) is 0. The van der Waals surface area contributed by atoms with Crippen molar-refractivity contribution < 1.29 is 9.53 Å². The highest BCUT2D eigenvalue weighted by molar-refractivity contribution is 6.02. The Bertz CT molecular complexity index is 497. The molecule has 0 saturated heterocycles. The van der Waals surface area contributed by atoms with Crippen molar-refractivity contribution in [2.24, 2.45) is 10.8 Å². The van der Waals surface area contributed by atoms with Crippen molar-refractivity contribution in [3.05, 3.63) is 29.3 Å². The maximum absolute atomic E-state index is 11.4. The largest absolute Gasteiger partial charge is 0.492 e. The van der Waals surface area contributed by atoms with Crippen LogP contribution in [-0.2, 0) is 4.79 Å². The number of ether oxygens (including phenoxy) is 1. The maximum Gasteiger partial charge on any atom is 0.250 e. The minimum absolute atomic E-state index is 0.0730. The molecule has 5 nitrogen and oxygen atoms in total. The zero-order valence-corrected chi connectivity index (χ0v) is 10.6. The third-order valence-corrected chi connectivity index (χ3v) is 2.92. The molecule has 0 aliphatic carbocycles. The minimum atomic E-state index is -0.0730. The highest BCUT2D eigenvalue weighted by Crippen LogP contribution is 2.16. The average molecular weight is 247 g/mol. The fourth-order valence-electron chi connectivity index (χ4n) is 1.72. The Morgan fingerprint density at radius 3 is 2.78 bits per heavy atom. The first-order chi connectivity index (χ1) is 8.56. The Kier molecular flexibility index (Phi) is 3.50. The van der Waals surface area contributed by atoms with Crippen LogP contribution in [0, 0.1) is 13.8 Å². The highest BCUT2D eigenvalue weighted by atomic mass is 16.5. The maximum atomic E-state index is 11.4. The van der Waals surface area contributed by atoms with Crippen LogP contribution in [0.4, 0.5) is 0 Å². The number of amides is 1. The topological polar surface area (TPSA) is 67.9 Å². The van der Waals surface area contributed by atoms with Crippen LogP contribution in [0.5, 0.6) is 5.75 Å². The van der Waals surface area contributed by atoms with E-state index in [0.29, 0.717) is 19.0 Å². The molecule has 1 amide bonds. The van der Waals surface area contributed by atoms with Crippen LogP contribution in [0.3, 0.4) is 0 Å². The molecule has 1 aliphatic heterocycles. The quantitative estimate of drug-likeness (QED) is 0.868. The van der Waals surface area contributed by atoms with E-state index in [-0.39, 0.29) is 12.3 Å². The summed E-state index contributed by atoms with van der Waals surface area (Å²) < 4.78 is 5.58. The van der Waals surface area contributed by atoms with Crippen molar-refractivity contribution >= 4 is 11.7 Å². The van der Waals surface area contributed by atoms with Crippen LogP contribution in [0.2, 0.25) is 0 Å². The number of nitrogens with zero attached hydrogens (tertiary/aromatic N) is 2. The lowest BCUT2D eigenvalue weighted by molar-refractivity contribution is -0.129. The molecule has 1 heterocycles. The number of rotatable bonds is 4. The predicted octanol–water partition coefficient (Wildman–Crippen LogP) is 1.19. The first-order valence-corrected chi connectivity index (χ1v) is 5.89. The van der Waals surface area contributed by atoms with Gasteiger partial charge in [-0.25, -0.2) is 5.01 Å². The number of carbonyl (C=O) groups is 1. The van der Waals surface area contributed by atoms with E-state index in [1.807, 2.05) is 25.1 Å². The Morgan fingerprint density at radius 1 is 1.39 bits per heavy atom. The third kappa shape index (κ3) is 2.80. The summed E-state index contributed by atoms with van der Waals surface area (Å²) in [5, 5.41) is 5.29. The van der Waals surface area contributed by atoms with Gasteiger partial charge in [-0.1, -0.05) is 6.07 Å². The number of nitrogens with two attached hydrogens (primary N) is 1. The van der Waals surface area contributed by atoms with E-state index >= 15 is 0 Å². The van der Waals surface area contributed by atoms with Crippen LogP contribution in [0.15, 0.2) is 23.3 Å². The van der Waals surface area contributed by atoms with E-state index in [4.69, 9.17) is 10.5 Å². The number of aryl methyl sites for hydroxylation is 2. The minimum Gasteiger partial charge on any atom is -0.492 e. The van der Waals surface area contributed by atoms with Crippen molar-refractivity contribution in [1.29, 1.82) is 0 Å². The van der Waals surface area contributed by atoms with Crippen molar-refractivity contribution in [2.75, 3.05) is 13.2 Å². The molecule has 0 radical (unpaired) electrons. The van der Waals surface area contributed by atoms with Gasteiger partial charge in [-0.15, -0.1) is 0 Å². The van der Waals surface area contributed by atoms with Crippen LogP contribution in [0.1, 0.15) is 17.5 Å². The summed E-state index contributed by atoms with van der Waals surface area (Å²) in [4.78, 5) is 11.4. The third-order valence-electron chi connectivity index (χ3n) is 2.92. The number of hydrogen-bond acceptors (Lipinski definition) is 4. The molecule has 0 fully saturated rings. The van der Waals surface area contributed by atoms with E-state index in [1.165, 1.54) is 16.1 Å². The van der Waals surface area contributed by atoms with Gasteiger partial charge >= 0.3 is 0 Å². The summed E-state index contributed by atoms with van der Waals surface area (Å²) in [5.41, 5.74) is 7.90. The van der Waals surface area contributed by atoms with Gasteiger partial charge < -0.3 is 10.5 Å². The first kappa shape index (κ1) is 12.4. The van der Waals surface area contributed by atoms with Crippen molar-refractivity contribution in [3.8, 4) is 5.75 Å². The van der Waals surface area contributed by atoms with Crippen LogP contribution >= 0.6 is 0 Å². The summed E-state index contributed by atoms with van der Waals surface area (Å²) in [6.45, 7) is 4.92. The molecule has 0 aromatic heterocycles. The summed E-state index contributed by atoms with van der Waals surface area (Å²) in [5.74, 6) is 1.10. The van der Waals surface area contributed by atoms with Crippen LogP contribution < -0.4 is 10.5 Å².